The van der Waals surface area contributed by atoms with Gasteiger partial charge in [-0.2, -0.15) is 0 Å². The predicted octanol–water partition coefficient (Wildman–Crippen LogP) is 1.32. The number of aliphatic carboxylic acids is 1. The fraction of sp³-hybridized carbons (Fsp3) is 0.538. The van der Waals surface area contributed by atoms with Gasteiger partial charge in [-0.1, -0.05) is 6.07 Å². The molecule has 5 nitrogen and oxygen atoms in total. The minimum atomic E-state index is -0.843. The summed E-state index contributed by atoms with van der Waals surface area (Å²) in [6, 6.07) is 2.92. The number of carboxylic acids is 1. The maximum atomic E-state index is 11.5. The third-order valence-corrected chi connectivity index (χ3v) is 3.05. The lowest BCUT2D eigenvalue weighted by Crippen LogP contribution is -2.48. The van der Waals surface area contributed by atoms with Crippen LogP contribution in [0.15, 0.2) is 24.5 Å². The van der Waals surface area contributed by atoms with Crippen LogP contribution in [0.25, 0.3) is 0 Å². The standard InChI is InChI=1S/C13H18N2O3/c1-9-7-15(8-10(2)18-9)12(13(16)17)11-4-3-5-14-6-11/h3-6,9-10,12H,7-8H2,1-2H3,(H,16,17). The number of rotatable bonds is 3. The van der Waals surface area contributed by atoms with Gasteiger partial charge < -0.3 is 9.84 Å². The molecular formula is C13H18N2O3. The highest BCUT2D eigenvalue weighted by Gasteiger charge is 2.33. The number of morpholine rings is 1. The highest BCUT2D eigenvalue weighted by atomic mass is 16.5. The summed E-state index contributed by atoms with van der Waals surface area (Å²) in [5, 5.41) is 9.44. The fourth-order valence-corrected chi connectivity index (χ4v) is 2.48. The fourth-order valence-electron chi connectivity index (χ4n) is 2.48. The molecule has 3 unspecified atom stereocenters. The summed E-state index contributed by atoms with van der Waals surface area (Å²) in [7, 11) is 0. The molecule has 1 N–H and O–H groups in total. The van der Waals surface area contributed by atoms with Gasteiger partial charge in [0.2, 0.25) is 0 Å². The Balaban J connectivity index is 2.23. The average molecular weight is 250 g/mol. The third kappa shape index (κ3) is 2.86. The molecule has 2 rings (SSSR count). The highest BCUT2D eigenvalue weighted by molar-refractivity contribution is 5.75. The van der Waals surface area contributed by atoms with Crippen LogP contribution in [0.4, 0.5) is 0 Å². The first-order chi connectivity index (χ1) is 8.58. The second-order valence-electron chi connectivity index (χ2n) is 4.74. The van der Waals surface area contributed by atoms with E-state index in [-0.39, 0.29) is 12.2 Å². The van der Waals surface area contributed by atoms with E-state index >= 15 is 0 Å². The topological polar surface area (TPSA) is 62.7 Å². The summed E-state index contributed by atoms with van der Waals surface area (Å²) in [5.74, 6) is -0.843. The Labute approximate surface area is 106 Å². The maximum Gasteiger partial charge on any atom is 0.325 e. The molecule has 0 amide bonds. The number of carbonyl (C=O) groups is 1. The van der Waals surface area contributed by atoms with E-state index in [1.54, 1.807) is 24.5 Å². The van der Waals surface area contributed by atoms with Crippen LogP contribution in [0.1, 0.15) is 25.5 Å². The van der Waals surface area contributed by atoms with Crippen LogP contribution >= 0.6 is 0 Å². The minimum Gasteiger partial charge on any atom is -0.480 e. The molecule has 98 valence electrons. The Morgan fingerprint density at radius 3 is 2.67 bits per heavy atom. The number of carboxylic acid groups (broad SMARTS) is 1. The van der Waals surface area contributed by atoms with Crippen molar-refractivity contribution < 1.29 is 14.6 Å². The van der Waals surface area contributed by atoms with Gasteiger partial charge in [-0.15, -0.1) is 0 Å². The Morgan fingerprint density at radius 1 is 1.50 bits per heavy atom. The van der Waals surface area contributed by atoms with Crippen LogP contribution in [-0.4, -0.2) is 46.3 Å². The number of aromatic nitrogens is 1. The molecule has 5 heteroatoms. The van der Waals surface area contributed by atoms with Crippen LogP contribution in [-0.2, 0) is 9.53 Å². The maximum absolute atomic E-state index is 11.5. The molecule has 1 saturated heterocycles. The van der Waals surface area contributed by atoms with Gasteiger partial charge >= 0.3 is 5.97 Å². The zero-order valence-corrected chi connectivity index (χ0v) is 10.6. The van der Waals surface area contributed by atoms with E-state index in [1.165, 1.54) is 0 Å². The molecule has 1 aliphatic heterocycles. The molecule has 1 aromatic heterocycles. The zero-order chi connectivity index (χ0) is 13.1. The molecule has 18 heavy (non-hydrogen) atoms. The lowest BCUT2D eigenvalue weighted by atomic mass is 10.1. The van der Waals surface area contributed by atoms with Crippen LogP contribution < -0.4 is 0 Å². The molecule has 0 aliphatic carbocycles. The van der Waals surface area contributed by atoms with Crippen molar-refractivity contribution in [3.8, 4) is 0 Å². The Kier molecular flexibility index (Phi) is 3.93. The van der Waals surface area contributed by atoms with E-state index in [2.05, 4.69) is 4.98 Å². The third-order valence-electron chi connectivity index (χ3n) is 3.05. The summed E-state index contributed by atoms with van der Waals surface area (Å²) in [6.07, 6.45) is 3.36. The van der Waals surface area contributed by atoms with E-state index in [1.807, 2.05) is 18.7 Å². The van der Waals surface area contributed by atoms with Crippen LogP contribution in [0.3, 0.4) is 0 Å². The molecular weight excluding hydrogens is 232 g/mol. The number of nitrogens with zero attached hydrogens (tertiary/aromatic N) is 2. The summed E-state index contributed by atoms with van der Waals surface area (Å²) < 4.78 is 5.63. The van der Waals surface area contributed by atoms with Gasteiger partial charge in [-0.05, 0) is 25.5 Å². The minimum absolute atomic E-state index is 0.0484. The summed E-state index contributed by atoms with van der Waals surface area (Å²) in [5.41, 5.74) is 0.714. The van der Waals surface area contributed by atoms with E-state index in [0.29, 0.717) is 18.7 Å². The number of pyridine rings is 1. The van der Waals surface area contributed by atoms with Gasteiger partial charge in [0.05, 0.1) is 12.2 Å². The van der Waals surface area contributed by atoms with E-state index in [4.69, 9.17) is 4.74 Å². The van der Waals surface area contributed by atoms with Crippen molar-refractivity contribution in [3.63, 3.8) is 0 Å². The molecule has 0 spiro atoms. The molecule has 1 aromatic rings. The van der Waals surface area contributed by atoms with Gasteiger partial charge in [0.15, 0.2) is 0 Å². The Hall–Kier alpha value is -1.46. The van der Waals surface area contributed by atoms with Gasteiger partial charge in [0, 0.05) is 25.5 Å². The van der Waals surface area contributed by atoms with Crippen molar-refractivity contribution in [2.24, 2.45) is 0 Å². The molecule has 0 saturated carbocycles. The van der Waals surface area contributed by atoms with E-state index in [9.17, 15) is 9.90 Å². The molecule has 2 heterocycles. The lowest BCUT2D eigenvalue weighted by molar-refractivity contribution is -0.149. The first kappa shape index (κ1) is 13.0. The number of hydrogen-bond donors (Lipinski definition) is 1. The van der Waals surface area contributed by atoms with Gasteiger partial charge in [-0.3, -0.25) is 14.7 Å². The summed E-state index contributed by atoms with van der Waals surface area (Å²) >= 11 is 0. The van der Waals surface area contributed by atoms with Crippen molar-refractivity contribution in [1.82, 2.24) is 9.88 Å². The zero-order valence-electron chi connectivity index (χ0n) is 10.6. The summed E-state index contributed by atoms with van der Waals surface area (Å²) in [6.45, 7) is 5.17. The second kappa shape index (κ2) is 5.46. The quantitative estimate of drug-likeness (QED) is 0.876. The lowest BCUT2D eigenvalue weighted by Gasteiger charge is -2.38. The molecule has 0 aromatic carbocycles. The molecule has 3 atom stereocenters. The molecule has 1 aliphatic rings. The van der Waals surface area contributed by atoms with E-state index in [0.717, 1.165) is 0 Å². The van der Waals surface area contributed by atoms with Crippen molar-refractivity contribution in [2.75, 3.05) is 13.1 Å². The van der Waals surface area contributed by atoms with Gasteiger partial charge in [-0.25, -0.2) is 0 Å². The summed E-state index contributed by atoms with van der Waals surface area (Å²) in [4.78, 5) is 17.4. The Morgan fingerprint density at radius 2 is 2.17 bits per heavy atom. The normalized spacial score (nSPS) is 26.8. The Bertz CT molecular complexity index is 400. The highest BCUT2D eigenvalue weighted by Crippen LogP contribution is 2.24. The largest absolute Gasteiger partial charge is 0.480 e. The number of ether oxygens (including phenoxy) is 1. The van der Waals surface area contributed by atoms with Crippen LogP contribution in [0, 0.1) is 0 Å². The molecule has 1 fully saturated rings. The van der Waals surface area contributed by atoms with Crippen molar-refractivity contribution in [1.29, 1.82) is 0 Å². The first-order valence-electron chi connectivity index (χ1n) is 6.10. The second-order valence-corrected chi connectivity index (χ2v) is 4.74. The van der Waals surface area contributed by atoms with Gasteiger partial charge in [0.25, 0.3) is 0 Å². The monoisotopic (exact) mass is 250 g/mol. The van der Waals surface area contributed by atoms with Gasteiger partial charge in [0.1, 0.15) is 6.04 Å². The smallest absolute Gasteiger partial charge is 0.325 e. The predicted molar refractivity (Wildman–Crippen MR) is 66.2 cm³/mol. The van der Waals surface area contributed by atoms with Crippen molar-refractivity contribution in [2.45, 2.75) is 32.1 Å². The SMILES string of the molecule is CC1CN(C(C(=O)O)c2cccnc2)CC(C)O1. The molecule has 0 radical (unpaired) electrons. The van der Waals surface area contributed by atoms with Crippen molar-refractivity contribution in [3.05, 3.63) is 30.1 Å². The average Bonchev–Trinajstić information content (AvgIpc) is 2.28. The van der Waals surface area contributed by atoms with E-state index < -0.39 is 12.0 Å². The first-order valence-corrected chi connectivity index (χ1v) is 6.10. The molecule has 0 bridgehead atoms. The van der Waals surface area contributed by atoms with Crippen LogP contribution in [0.5, 0.6) is 0 Å². The van der Waals surface area contributed by atoms with Crippen LogP contribution in [0.2, 0.25) is 0 Å². The number of hydrogen-bond acceptors (Lipinski definition) is 4. The van der Waals surface area contributed by atoms with Crippen molar-refractivity contribution >= 4 is 5.97 Å².